The molecule has 0 rings (SSSR count). The summed E-state index contributed by atoms with van der Waals surface area (Å²) in [5.74, 6) is 0. The summed E-state index contributed by atoms with van der Waals surface area (Å²) in [5, 5.41) is 0. The van der Waals surface area contributed by atoms with Crippen LogP contribution in [0.15, 0.2) is 0 Å². The Hall–Kier alpha value is 1.30. The van der Waals surface area contributed by atoms with E-state index in [-0.39, 0.29) is 0 Å². The maximum atomic E-state index is 2.72. The molecule has 0 bridgehead atoms. The predicted octanol–water partition coefficient (Wildman–Crippen LogP) is 0.0306. The maximum absolute atomic E-state index is 2.72. The van der Waals surface area contributed by atoms with Crippen LogP contribution >= 0.6 is 5.52 Å². The Kier molecular flexibility index (Phi) is 17.9. The van der Waals surface area contributed by atoms with Crippen molar-refractivity contribution in [2.45, 2.75) is 20.8 Å². The van der Waals surface area contributed by atoms with Gasteiger partial charge in [0.15, 0.2) is 0 Å². The van der Waals surface area contributed by atoms with Gasteiger partial charge in [0.05, 0.1) is 19.6 Å². The average Bonchev–Trinajstić information content (AvgIpc) is 1.93. The Balaban J connectivity index is 0. The minimum absolute atomic E-state index is 1.17. The topological polar surface area (TPSA) is 4.44 Å². The molecule has 0 unspecified atom stereocenters. The van der Waals surface area contributed by atoms with E-state index in [9.17, 15) is 0 Å². The number of hydrogen-bond donors (Lipinski definition) is 1. The van der Waals surface area contributed by atoms with Crippen LogP contribution in [-0.2, 0) is 0 Å². The first-order valence-electron chi connectivity index (χ1n) is 3.55. The third kappa shape index (κ3) is 12.0. The van der Waals surface area contributed by atoms with Crippen LogP contribution in [0.3, 0.4) is 0 Å². The molecule has 1 nitrogen and oxygen atoms in total. The quantitative estimate of drug-likeness (QED) is 0.553. The third-order valence-corrected chi connectivity index (χ3v) is 1.50. The molecule has 0 saturated carbocycles. The van der Waals surface area contributed by atoms with Crippen molar-refractivity contribution < 1.29 is 4.90 Å². The Bertz CT molecular complexity index is 61.3. The number of quaternary nitrogens is 1. The molecule has 0 aliphatic rings. The van der Waals surface area contributed by atoms with E-state index in [0.717, 1.165) is 0 Å². The van der Waals surface area contributed by atoms with Gasteiger partial charge in [0.2, 0.25) is 0 Å². The normalized spacial score (nSPS) is 9.30. The molecule has 0 aromatic heterocycles. The Labute approximate surface area is 81.4 Å². The van der Waals surface area contributed by atoms with E-state index in [4.69, 9.17) is 0 Å². The van der Waals surface area contributed by atoms with Gasteiger partial charge in [-0.1, -0.05) is 0 Å². The first kappa shape index (κ1) is 13.9. The van der Waals surface area contributed by atoms with E-state index in [0.29, 0.717) is 0 Å². The summed E-state index contributed by atoms with van der Waals surface area (Å²) >= 11 is 5.44. The van der Waals surface area contributed by atoms with E-state index in [1.807, 2.05) is 0 Å². The SMILES string of the molecule is CC[NH+](CC)CC.[Se]=P[Se-]. The summed E-state index contributed by atoms with van der Waals surface area (Å²) in [6.07, 6.45) is 0. The molecular formula is C6H16NPSe2. The summed E-state index contributed by atoms with van der Waals surface area (Å²) in [6, 6.07) is 0. The van der Waals surface area contributed by atoms with Crippen molar-refractivity contribution in [1.29, 1.82) is 0 Å². The van der Waals surface area contributed by atoms with Gasteiger partial charge in [-0.2, -0.15) is 0 Å². The molecule has 0 aliphatic carbocycles. The van der Waals surface area contributed by atoms with Gasteiger partial charge >= 0.3 is 36.2 Å². The molecule has 0 aromatic rings. The van der Waals surface area contributed by atoms with Crippen molar-refractivity contribution >= 4 is 36.2 Å². The van der Waals surface area contributed by atoms with Gasteiger partial charge in [0.25, 0.3) is 0 Å². The molecule has 0 aromatic carbocycles. The molecule has 0 fully saturated rings. The van der Waals surface area contributed by atoms with Gasteiger partial charge < -0.3 is 4.90 Å². The molecule has 0 aliphatic heterocycles. The van der Waals surface area contributed by atoms with Crippen LogP contribution in [0.5, 0.6) is 0 Å². The van der Waals surface area contributed by atoms with E-state index in [2.05, 4.69) is 51.4 Å². The van der Waals surface area contributed by atoms with Crippen molar-refractivity contribution in [2.75, 3.05) is 19.6 Å². The number of rotatable bonds is 3. The van der Waals surface area contributed by atoms with Crippen LogP contribution in [0.4, 0.5) is 0 Å². The average molecular weight is 291 g/mol. The molecular weight excluding hydrogens is 275 g/mol. The Morgan fingerprint density at radius 2 is 1.40 bits per heavy atom. The summed E-state index contributed by atoms with van der Waals surface area (Å²) in [4.78, 5) is 1.68. The summed E-state index contributed by atoms with van der Waals surface area (Å²) in [5.41, 5.74) is 1.17. The first-order chi connectivity index (χ1) is 4.76. The van der Waals surface area contributed by atoms with Crippen molar-refractivity contribution in [1.82, 2.24) is 0 Å². The second-order valence-electron chi connectivity index (χ2n) is 1.89. The monoisotopic (exact) mass is 293 g/mol. The zero-order valence-corrected chi connectivity index (χ0v) is 11.2. The van der Waals surface area contributed by atoms with Gasteiger partial charge in [-0.15, -0.1) is 0 Å². The zero-order chi connectivity index (χ0) is 8.41. The van der Waals surface area contributed by atoms with Gasteiger partial charge in [-0.25, -0.2) is 0 Å². The molecule has 0 amide bonds. The summed E-state index contributed by atoms with van der Waals surface area (Å²) in [7, 11) is 0. The fourth-order valence-corrected chi connectivity index (χ4v) is 0.750. The van der Waals surface area contributed by atoms with Gasteiger partial charge in [0.1, 0.15) is 0 Å². The van der Waals surface area contributed by atoms with Crippen LogP contribution in [0, 0.1) is 0 Å². The Morgan fingerprint density at radius 3 is 1.40 bits per heavy atom. The van der Waals surface area contributed by atoms with Crippen molar-refractivity contribution in [2.24, 2.45) is 0 Å². The summed E-state index contributed by atoms with van der Waals surface area (Å²) < 4.78 is 0. The molecule has 62 valence electrons. The van der Waals surface area contributed by atoms with Crippen LogP contribution < -0.4 is 4.90 Å². The molecule has 0 heterocycles. The number of hydrogen-bond acceptors (Lipinski definition) is 0. The van der Waals surface area contributed by atoms with Crippen molar-refractivity contribution in [3.05, 3.63) is 0 Å². The third-order valence-electron chi connectivity index (χ3n) is 1.50. The van der Waals surface area contributed by atoms with Gasteiger partial charge in [-0.05, 0) is 20.8 Å². The van der Waals surface area contributed by atoms with Crippen LogP contribution in [0.1, 0.15) is 20.8 Å². The molecule has 0 atom stereocenters. The number of nitrogens with one attached hydrogen (secondary N) is 1. The van der Waals surface area contributed by atoms with Crippen LogP contribution in [-0.4, -0.2) is 50.3 Å². The van der Waals surface area contributed by atoms with Gasteiger partial charge in [-0.3, -0.25) is 0 Å². The Morgan fingerprint density at radius 1 is 1.20 bits per heavy atom. The molecule has 0 saturated heterocycles. The van der Waals surface area contributed by atoms with Crippen molar-refractivity contribution in [3.8, 4) is 0 Å². The molecule has 0 spiro atoms. The van der Waals surface area contributed by atoms with Gasteiger partial charge in [0, 0.05) is 0 Å². The molecule has 4 heteroatoms. The van der Waals surface area contributed by atoms with E-state index < -0.39 is 0 Å². The molecule has 10 heavy (non-hydrogen) atoms. The standard InChI is InChI=1S/C6H15N.HPSe2/c1-4-7(5-2)6-3;2-1-3/h4-6H2,1-3H3;(H,2,3). The second-order valence-corrected chi connectivity index (χ2v) is 7.85. The van der Waals surface area contributed by atoms with E-state index >= 15 is 0 Å². The van der Waals surface area contributed by atoms with Crippen molar-refractivity contribution in [3.63, 3.8) is 0 Å². The van der Waals surface area contributed by atoms with E-state index in [1.54, 1.807) is 4.90 Å². The second kappa shape index (κ2) is 12.9. The molecule has 1 N–H and O–H groups in total. The van der Waals surface area contributed by atoms with Crippen LogP contribution in [0.25, 0.3) is 0 Å². The fourth-order valence-electron chi connectivity index (χ4n) is 0.750. The summed E-state index contributed by atoms with van der Waals surface area (Å²) in [6.45, 7) is 10.5. The first-order valence-corrected chi connectivity index (χ1v) is 8.87. The van der Waals surface area contributed by atoms with E-state index in [1.165, 1.54) is 25.2 Å². The molecule has 0 radical (unpaired) electrons. The predicted molar refractivity (Wildman–Crippen MR) is 51.0 cm³/mol. The van der Waals surface area contributed by atoms with Crippen LogP contribution in [0.2, 0.25) is 0 Å². The minimum atomic E-state index is 1.17. The zero-order valence-electron chi connectivity index (χ0n) is 6.89. The fraction of sp³-hybridized carbons (Fsp3) is 1.00.